The van der Waals surface area contributed by atoms with E-state index in [1.165, 1.54) is 0 Å². The van der Waals surface area contributed by atoms with Gasteiger partial charge >= 0.3 is 0 Å². The van der Waals surface area contributed by atoms with Crippen LogP contribution in [0.5, 0.6) is 5.75 Å². The fourth-order valence-corrected chi connectivity index (χ4v) is 4.22. The molecule has 1 heterocycles. The number of fused-ring (bicyclic) bond motifs is 3. The van der Waals surface area contributed by atoms with Gasteiger partial charge in [0.15, 0.2) is 5.78 Å². The van der Waals surface area contributed by atoms with E-state index in [0.29, 0.717) is 39.8 Å². The first-order valence-electron chi connectivity index (χ1n) is 10.2. The van der Waals surface area contributed by atoms with E-state index in [-0.39, 0.29) is 17.8 Å². The van der Waals surface area contributed by atoms with E-state index in [2.05, 4.69) is 5.32 Å². The van der Waals surface area contributed by atoms with Gasteiger partial charge in [0.2, 0.25) is 0 Å². The Kier molecular flexibility index (Phi) is 5.22. The highest BCUT2D eigenvalue weighted by Gasteiger charge is 2.27. The molecule has 1 aliphatic heterocycles. The largest absolute Gasteiger partial charge is 0.489 e. The number of halogens is 1. The quantitative estimate of drug-likeness (QED) is 0.460. The maximum Gasteiger partial charge on any atom is 0.255 e. The van der Waals surface area contributed by atoms with Gasteiger partial charge < -0.3 is 14.8 Å². The van der Waals surface area contributed by atoms with Gasteiger partial charge in [-0.05, 0) is 54.3 Å². The third-order valence-corrected chi connectivity index (χ3v) is 5.86. The molecule has 156 valence electrons. The zero-order chi connectivity index (χ0) is 21.4. The molecule has 1 atom stereocenters. The van der Waals surface area contributed by atoms with Gasteiger partial charge in [-0.15, -0.1) is 0 Å². The van der Waals surface area contributed by atoms with E-state index in [1.54, 1.807) is 36.4 Å². The van der Waals surface area contributed by atoms with Gasteiger partial charge in [0.25, 0.3) is 5.91 Å². The van der Waals surface area contributed by atoms with Gasteiger partial charge in [0.05, 0.1) is 11.8 Å². The molecule has 1 amide bonds. The fraction of sp³-hybridized carbons (Fsp3) is 0.200. The number of ketones is 1. The van der Waals surface area contributed by atoms with Crippen molar-refractivity contribution in [2.75, 3.05) is 18.5 Å². The van der Waals surface area contributed by atoms with Crippen LogP contribution in [0.3, 0.4) is 0 Å². The number of nitrogens with one attached hydrogen (secondary N) is 1. The molecule has 1 N–H and O–H groups in total. The summed E-state index contributed by atoms with van der Waals surface area (Å²) >= 11 is 6.14. The molecule has 0 saturated carbocycles. The molecule has 1 fully saturated rings. The molecule has 5 nitrogen and oxygen atoms in total. The highest BCUT2D eigenvalue weighted by atomic mass is 35.5. The Morgan fingerprint density at radius 2 is 1.84 bits per heavy atom. The first kappa shape index (κ1) is 19.8. The van der Waals surface area contributed by atoms with E-state index in [0.717, 1.165) is 30.6 Å². The third-order valence-electron chi connectivity index (χ3n) is 5.63. The monoisotopic (exact) mass is 433 g/mol. The average Bonchev–Trinajstić information content (AvgIpc) is 3.40. The summed E-state index contributed by atoms with van der Waals surface area (Å²) in [6.45, 7) is 1.16. The van der Waals surface area contributed by atoms with Crippen molar-refractivity contribution in [3.05, 3.63) is 82.4 Å². The zero-order valence-electron chi connectivity index (χ0n) is 16.7. The molecule has 1 aliphatic carbocycles. The van der Waals surface area contributed by atoms with Gasteiger partial charge in [-0.1, -0.05) is 41.9 Å². The van der Waals surface area contributed by atoms with Crippen LogP contribution in [0.25, 0.3) is 11.1 Å². The number of rotatable bonds is 5. The van der Waals surface area contributed by atoms with Gasteiger partial charge in [0, 0.05) is 28.3 Å². The van der Waals surface area contributed by atoms with Gasteiger partial charge in [0.1, 0.15) is 12.4 Å². The van der Waals surface area contributed by atoms with Crippen LogP contribution < -0.4 is 10.1 Å². The molecule has 31 heavy (non-hydrogen) atoms. The van der Waals surface area contributed by atoms with Crippen molar-refractivity contribution in [3.8, 4) is 16.9 Å². The maximum absolute atomic E-state index is 13.0. The maximum atomic E-state index is 13.0. The summed E-state index contributed by atoms with van der Waals surface area (Å²) in [6, 6.07) is 17.8. The second kappa shape index (κ2) is 8.17. The Hall–Kier alpha value is -3.15. The van der Waals surface area contributed by atoms with Crippen LogP contribution in [0.2, 0.25) is 5.02 Å². The van der Waals surface area contributed by atoms with E-state index in [4.69, 9.17) is 21.1 Å². The Bertz CT molecular complexity index is 1180. The lowest BCUT2D eigenvalue weighted by atomic mass is 10.0. The number of carbonyl (C=O) groups excluding carboxylic acids is 2. The fourth-order valence-electron chi connectivity index (χ4n) is 4.05. The minimum absolute atomic E-state index is 0.0589. The Balaban J connectivity index is 1.37. The number of hydrogen-bond donors (Lipinski definition) is 1. The second-order valence-corrected chi connectivity index (χ2v) is 8.11. The summed E-state index contributed by atoms with van der Waals surface area (Å²) in [4.78, 5) is 25.7. The molecule has 0 aromatic heterocycles. The van der Waals surface area contributed by atoms with E-state index in [1.807, 2.05) is 24.3 Å². The molecule has 6 heteroatoms. The van der Waals surface area contributed by atoms with Crippen molar-refractivity contribution in [1.82, 2.24) is 0 Å². The van der Waals surface area contributed by atoms with Crippen molar-refractivity contribution in [2.24, 2.45) is 0 Å². The smallest absolute Gasteiger partial charge is 0.255 e. The molecule has 0 bridgehead atoms. The highest BCUT2D eigenvalue weighted by molar-refractivity contribution is 6.31. The van der Waals surface area contributed by atoms with Crippen LogP contribution in [0.1, 0.15) is 39.1 Å². The molecule has 0 spiro atoms. The average molecular weight is 434 g/mol. The van der Waals surface area contributed by atoms with Crippen LogP contribution in [0.4, 0.5) is 5.69 Å². The lowest BCUT2D eigenvalue weighted by Gasteiger charge is -2.16. The van der Waals surface area contributed by atoms with Crippen LogP contribution >= 0.6 is 11.6 Å². The summed E-state index contributed by atoms with van der Waals surface area (Å²) < 4.78 is 11.5. The number of carbonyl (C=O) groups is 2. The first-order valence-corrected chi connectivity index (χ1v) is 10.6. The van der Waals surface area contributed by atoms with Crippen LogP contribution in [0, 0.1) is 0 Å². The summed E-state index contributed by atoms with van der Waals surface area (Å²) in [7, 11) is 0. The summed E-state index contributed by atoms with van der Waals surface area (Å²) in [5, 5.41) is 3.36. The molecule has 5 rings (SSSR count). The predicted molar refractivity (Wildman–Crippen MR) is 119 cm³/mol. The van der Waals surface area contributed by atoms with E-state index in [9.17, 15) is 9.59 Å². The van der Waals surface area contributed by atoms with E-state index < -0.39 is 0 Å². The summed E-state index contributed by atoms with van der Waals surface area (Å²) in [5.41, 5.74) is 3.81. The molecular formula is C25H20ClNO4. The predicted octanol–water partition coefficient (Wildman–Crippen LogP) is 5.36. The Labute approximate surface area is 184 Å². The minimum Gasteiger partial charge on any atom is -0.489 e. The number of benzene rings is 3. The molecule has 2 aliphatic rings. The molecule has 1 unspecified atom stereocenters. The second-order valence-electron chi connectivity index (χ2n) is 7.68. The van der Waals surface area contributed by atoms with Crippen LogP contribution in [-0.4, -0.2) is 31.0 Å². The highest BCUT2D eigenvalue weighted by Crippen LogP contribution is 2.37. The van der Waals surface area contributed by atoms with Crippen molar-refractivity contribution in [1.29, 1.82) is 0 Å². The number of ether oxygens (including phenoxy) is 2. The SMILES string of the molecule is O=C(Nc1cc(Cl)ccc1OCC1CCCO1)c1ccc2c(c1)C(=O)c1ccccc1-2. The van der Waals surface area contributed by atoms with Crippen LogP contribution in [0.15, 0.2) is 60.7 Å². The zero-order valence-corrected chi connectivity index (χ0v) is 17.4. The molecule has 1 saturated heterocycles. The Morgan fingerprint density at radius 1 is 1.03 bits per heavy atom. The first-order chi connectivity index (χ1) is 15.1. The van der Waals surface area contributed by atoms with Gasteiger partial charge in [-0.3, -0.25) is 9.59 Å². The molecule has 0 radical (unpaired) electrons. The standard InChI is InChI=1S/C25H20ClNO4/c26-16-8-10-23(31-14-17-4-3-11-30-17)22(13-16)27-25(29)15-7-9-19-18-5-1-2-6-20(18)24(28)21(19)12-15/h1-2,5-10,12-13,17H,3-4,11,14H2,(H,27,29). The molecule has 3 aromatic rings. The van der Waals surface area contributed by atoms with Gasteiger partial charge in [-0.25, -0.2) is 0 Å². The number of hydrogen-bond acceptors (Lipinski definition) is 4. The van der Waals surface area contributed by atoms with Gasteiger partial charge in [-0.2, -0.15) is 0 Å². The lowest BCUT2D eigenvalue weighted by Crippen LogP contribution is -2.18. The molecular weight excluding hydrogens is 414 g/mol. The van der Waals surface area contributed by atoms with Crippen molar-refractivity contribution in [2.45, 2.75) is 18.9 Å². The molecule has 3 aromatic carbocycles. The Morgan fingerprint density at radius 3 is 2.65 bits per heavy atom. The van der Waals surface area contributed by atoms with Crippen molar-refractivity contribution < 1.29 is 19.1 Å². The van der Waals surface area contributed by atoms with Crippen LogP contribution in [-0.2, 0) is 4.74 Å². The number of anilines is 1. The minimum atomic E-state index is -0.337. The summed E-state index contributed by atoms with van der Waals surface area (Å²) in [6.07, 6.45) is 2.04. The number of amides is 1. The normalized spacial score (nSPS) is 16.7. The lowest BCUT2D eigenvalue weighted by molar-refractivity contribution is 0.0682. The van der Waals surface area contributed by atoms with Crippen molar-refractivity contribution >= 4 is 29.0 Å². The summed E-state index contributed by atoms with van der Waals surface area (Å²) in [5.74, 6) is 0.122. The van der Waals surface area contributed by atoms with E-state index >= 15 is 0 Å². The third kappa shape index (κ3) is 3.82. The van der Waals surface area contributed by atoms with Crippen molar-refractivity contribution in [3.63, 3.8) is 0 Å². The topological polar surface area (TPSA) is 64.6 Å².